The highest BCUT2D eigenvalue weighted by Gasteiger charge is 2.31. The lowest BCUT2D eigenvalue weighted by atomic mass is 10.1. The van der Waals surface area contributed by atoms with Crippen molar-refractivity contribution in [3.05, 3.63) is 68.4 Å². The van der Waals surface area contributed by atoms with Crippen LogP contribution in [0.15, 0.2) is 46.5 Å². The second-order valence-electron chi connectivity index (χ2n) is 5.41. The summed E-state index contributed by atoms with van der Waals surface area (Å²) in [4.78, 5) is 36.9. The van der Waals surface area contributed by atoms with E-state index in [2.05, 4.69) is 15.1 Å². The van der Waals surface area contributed by atoms with Gasteiger partial charge < -0.3 is 9.94 Å². The fourth-order valence-electron chi connectivity index (χ4n) is 2.79. The number of nitro benzene ring substituents is 1. The van der Waals surface area contributed by atoms with E-state index in [1.165, 1.54) is 29.0 Å². The first-order valence-electron chi connectivity index (χ1n) is 7.60. The number of fused-ring (bicyclic) bond motifs is 4. The molecule has 26 heavy (non-hydrogen) atoms. The molecule has 4 rings (SSSR count). The van der Waals surface area contributed by atoms with E-state index in [-0.39, 0.29) is 41.6 Å². The number of aliphatic hydroxyl groups excluding tert-OH is 1. The minimum Gasteiger partial charge on any atom is -0.393 e. The molecule has 0 unspecified atom stereocenters. The number of rotatable bonds is 4. The average Bonchev–Trinajstić information content (AvgIpc) is 2.95. The van der Waals surface area contributed by atoms with Crippen molar-refractivity contribution in [3.8, 4) is 5.69 Å². The van der Waals surface area contributed by atoms with E-state index < -0.39 is 4.92 Å². The van der Waals surface area contributed by atoms with Gasteiger partial charge in [0.1, 0.15) is 6.61 Å². The van der Waals surface area contributed by atoms with Gasteiger partial charge >= 0.3 is 0 Å². The fraction of sp³-hybridized carbons (Fsp3) is 0.125. The Morgan fingerprint density at radius 2 is 2.19 bits per heavy atom. The van der Waals surface area contributed by atoms with Crippen molar-refractivity contribution < 1.29 is 14.9 Å². The zero-order valence-electron chi connectivity index (χ0n) is 13.2. The molecule has 0 radical (unpaired) electrons. The van der Waals surface area contributed by atoms with Crippen LogP contribution < -0.4 is 5.56 Å². The zero-order chi connectivity index (χ0) is 18.3. The summed E-state index contributed by atoms with van der Waals surface area (Å²) in [5.74, 6) is 0.176. The summed E-state index contributed by atoms with van der Waals surface area (Å²) in [6.45, 7) is -0.318. The quantitative estimate of drug-likeness (QED) is 0.325. The van der Waals surface area contributed by atoms with Crippen molar-refractivity contribution in [2.24, 2.45) is 5.16 Å². The van der Waals surface area contributed by atoms with Gasteiger partial charge in [-0.05, 0) is 18.2 Å². The molecule has 0 saturated heterocycles. The minimum absolute atomic E-state index is 0.0657. The second kappa shape index (κ2) is 6.01. The van der Waals surface area contributed by atoms with Gasteiger partial charge in [-0.3, -0.25) is 19.5 Å². The van der Waals surface area contributed by atoms with Crippen LogP contribution in [-0.4, -0.2) is 43.5 Å². The highest BCUT2D eigenvalue weighted by atomic mass is 16.6. The summed E-state index contributed by atoms with van der Waals surface area (Å²) in [5.41, 5.74) is 0.655. The third-order valence-corrected chi connectivity index (χ3v) is 3.88. The number of nitrogens with zero attached hydrogens (tertiary/aromatic N) is 5. The topological polar surface area (TPSA) is 133 Å². The van der Waals surface area contributed by atoms with Crippen molar-refractivity contribution in [2.75, 3.05) is 13.2 Å². The van der Waals surface area contributed by atoms with Gasteiger partial charge in [0.15, 0.2) is 17.2 Å². The predicted molar refractivity (Wildman–Crippen MR) is 90.5 cm³/mol. The fourth-order valence-corrected chi connectivity index (χ4v) is 2.79. The molecule has 0 atom stereocenters. The summed E-state index contributed by atoms with van der Waals surface area (Å²) in [5, 5.41) is 24.2. The van der Waals surface area contributed by atoms with Crippen LogP contribution in [0.1, 0.15) is 11.4 Å². The van der Waals surface area contributed by atoms with E-state index in [0.717, 1.165) is 0 Å². The molecule has 10 heteroatoms. The van der Waals surface area contributed by atoms with E-state index in [0.29, 0.717) is 16.6 Å². The lowest BCUT2D eigenvalue weighted by Crippen LogP contribution is -2.22. The second-order valence-corrected chi connectivity index (χ2v) is 5.41. The van der Waals surface area contributed by atoms with Crippen LogP contribution in [0.5, 0.6) is 0 Å². The van der Waals surface area contributed by atoms with Gasteiger partial charge in [-0.1, -0.05) is 5.16 Å². The Hall–Kier alpha value is -3.66. The summed E-state index contributed by atoms with van der Waals surface area (Å²) < 4.78 is 1.32. The maximum absolute atomic E-state index is 12.9. The van der Waals surface area contributed by atoms with Gasteiger partial charge in [-0.15, -0.1) is 0 Å². The smallest absolute Gasteiger partial charge is 0.270 e. The number of hydrogen-bond donors (Lipinski definition) is 1. The van der Waals surface area contributed by atoms with Crippen molar-refractivity contribution in [1.29, 1.82) is 0 Å². The largest absolute Gasteiger partial charge is 0.393 e. The number of oxime groups is 1. The molecule has 0 saturated carbocycles. The summed E-state index contributed by atoms with van der Waals surface area (Å²) in [7, 11) is 0. The van der Waals surface area contributed by atoms with E-state index in [1.54, 1.807) is 12.1 Å². The van der Waals surface area contributed by atoms with Gasteiger partial charge in [0.05, 0.1) is 22.6 Å². The highest BCUT2D eigenvalue weighted by Crippen LogP contribution is 2.30. The molecule has 3 aromatic rings. The van der Waals surface area contributed by atoms with Crippen LogP contribution in [0.3, 0.4) is 0 Å². The predicted octanol–water partition coefficient (Wildman–Crippen LogP) is 0.764. The Bertz CT molecular complexity index is 1140. The molecule has 1 aromatic carbocycles. The van der Waals surface area contributed by atoms with Crippen molar-refractivity contribution in [2.45, 2.75) is 0 Å². The molecule has 1 aliphatic rings. The molecule has 0 aliphatic carbocycles. The molecule has 2 aromatic heterocycles. The Kier molecular flexibility index (Phi) is 3.66. The van der Waals surface area contributed by atoms with Crippen LogP contribution in [0.25, 0.3) is 16.7 Å². The Morgan fingerprint density at radius 3 is 2.96 bits per heavy atom. The van der Waals surface area contributed by atoms with Gasteiger partial charge in [-0.25, -0.2) is 9.97 Å². The standard InChI is InChI=1S/C16H11N5O5/c22-6-7-26-19-13-11-8-9(21(24)25)3-4-12(11)20-15(13)18-14-10(16(20)23)2-1-5-17-14/h1-5,8,22H,6-7H2/b19-13+. The molecular weight excluding hydrogens is 342 g/mol. The molecule has 130 valence electrons. The molecule has 0 amide bonds. The van der Waals surface area contributed by atoms with Gasteiger partial charge in [0.2, 0.25) is 0 Å². The molecule has 10 nitrogen and oxygen atoms in total. The average molecular weight is 353 g/mol. The number of hydrogen-bond acceptors (Lipinski definition) is 8. The first kappa shape index (κ1) is 15.8. The zero-order valence-corrected chi connectivity index (χ0v) is 13.2. The number of nitro groups is 1. The Balaban J connectivity index is 2.03. The SMILES string of the molecule is O=c1c2cccnc2nc2n1-c1ccc([N+](=O)[O-])cc1/C2=N\OCCO. The monoisotopic (exact) mass is 353 g/mol. The minimum atomic E-state index is -0.538. The maximum Gasteiger partial charge on any atom is 0.270 e. The van der Waals surface area contributed by atoms with Crippen molar-refractivity contribution in [1.82, 2.24) is 14.5 Å². The highest BCUT2D eigenvalue weighted by molar-refractivity contribution is 6.16. The molecule has 0 fully saturated rings. The molecule has 0 spiro atoms. The van der Waals surface area contributed by atoms with Crippen LogP contribution in [0.2, 0.25) is 0 Å². The van der Waals surface area contributed by atoms with Crippen molar-refractivity contribution in [3.63, 3.8) is 0 Å². The molecule has 1 N–H and O–H groups in total. The van der Waals surface area contributed by atoms with Crippen LogP contribution in [0, 0.1) is 10.1 Å². The molecule has 0 bridgehead atoms. The third kappa shape index (κ3) is 2.31. The Labute approximate surface area is 145 Å². The lowest BCUT2D eigenvalue weighted by Gasteiger charge is -2.05. The first-order chi connectivity index (χ1) is 12.6. The van der Waals surface area contributed by atoms with Crippen molar-refractivity contribution >= 4 is 22.4 Å². The van der Waals surface area contributed by atoms with Crippen LogP contribution >= 0.6 is 0 Å². The van der Waals surface area contributed by atoms with Crippen LogP contribution in [-0.2, 0) is 4.84 Å². The molecule has 1 aliphatic heterocycles. The number of non-ortho nitro benzene ring substituents is 1. The van der Waals surface area contributed by atoms with Crippen LogP contribution in [0.4, 0.5) is 5.69 Å². The molecular formula is C16H11N5O5. The summed E-state index contributed by atoms with van der Waals surface area (Å²) in [6, 6.07) is 7.32. The Morgan fingerprint density at radius 1 is 1.35 bits per heavy atom. The summed E-state index contributed by atoms with van der Waals surface area (Å²) >= 11 is 0. The number of pyridine rings is 1. The van der Waals surface area contributed by atoms with E-state index in [9.17, 15) is 14.9 Å². The number of benzene rings is 1. The van der Waals surface area contributed by atoms with E-state index in [4.69, 9.17) is 9.94 Å². The maximum atomic E-state index is 12.9. The third-order valence-electron chi connectivity index (χ3n) is 3.88. The lowest BCUT2D eigenvalue weighted by molar-refractivity contribution is -0.384. The first-order valence-corrected chi connectivity index (χ1v) is 7.60. The van der Waals surface area contributed by atoms with Gasteiger partial charge in [0, 0.05) is 23.9 Å². The van der Waals surface area contributed by atoms with E-state index >= 15 is 0 Å². The van der Waals surface area contributed by atoms with Gasteiger partial charge in [-0.2, -0.15) is 0 Å². The molecule has 3 heterocycles. The number of aliphatic hydroxyl groups is 1. The van der Waals surface area contributed by atoms with Gasteiger partial charge in [0.25, 0.3) is 11.2 Å². The number of aromatic nitrogens is 3. The normalized spacial score (nSPS) is 13.7. The van der Waals surface area contributed by atoms with E-state index in [1.807, 2.05) is 0 Å². The summed E-state index contributed by atoms with van der Waals surface area (Å²) in [6.07, 6.45) is 1.51.